The van der Waals surface area contributed by atoms with Gasteiger partial charge >= 0.3 is 6.09 Å². The molecular weight excluding hydrogens is 560 g/mol. The highest BCUT2D eigenvalue weighted by molar-refractivity contribution is 7.90. The number of aromatic nitrogens is 1. The molecule has 42 heavy (non-hydrogen) atoms. The van der Waals surface area contributed by atoms with Crippen LogP contribution in [0.5, 0.6) is 5.88 Å². The smallest absolute Gasteiger partial charge is 0.411 e. The predicted molar refractivity (Wildman–Crippen MR) is 156 cm³/mol. The molecule has 2 unspecified atom stereocenters. The zero-order chi connectivity index (χ0) is 30.4. The number of carbonyl (C=O) groups is 3. The monoisotopic (exact) mass is 598 g/mol. The molecule has 2 aromatic rings. The lowest BCUT2D eigenvalue weighted by Gasteiger charge is -2.28. The molecule has 3 fully saturated rings. The maximum absolute atomic E-state index is 13.6. The van der Waals surface area contributed by atoms with Gasteiger partial charge in [0.1, 0.15) is 17.7 Å². The predicted octanol–water partition coefficient (Wildman–Crippen LogP) is 3.22. The Balaban J connectivity index is 1.32. The number of ether oxygens (including phenoxy) is 2. The zero-order valence-electron chi connectivity index (χ0n) is 24.4. The maximum Gasteiger partial charge on any atom is 0.411 e. The quantitative estimate of drug-likeness (QED) is 0.419. The maximum atomic E-state index is 13.6. The number of allylic oxidation sites excluding steroid dienone is 1. The lowest BCUT2D eigenvalue weighted by atomic mass is 10.0. The van der Waals surface area contributed by atoms with Crippen LogP contribution in [-0.2, 0) is 24.3 Å². The van der Waals surface area contributed by atoms with Crippen molar-refractivity contribution in [3.63, 3.8) is 0 Å². The Hall–Kier alpha value is -3.67. The fourth-order valence-corrected chi connectivity index (χ4v) is 6.79. The van der Waals surface area contributed by atoms with Gasteiger partial charge in [-0.05, 0) is 70.4 Å². The molecule has 0 radical (unpaired) electrons. The van der Waals surface area contributed by atoms with Crippen molar-refractivity contribution < 1.29 is 32.3 Å². The van der Waals surface area contributed by atoms with Gasteiger partial charge in [-0.15, -0.1) is 6.58 Å². The topological polar surface area (TPSA) is 144 Å². The first-order chi connectivity index (χ1) is 19.7. The largest absolute Gasteiger partial charge is 0.472 e. The third-order valence-electron chi connectivity index (χ3n) is 8.00. The Morgan fingerprint density at radius 2 is 1.95 bits per heavy atom. The summed E-state index contributed by atoms with van der Waals surface area (Å²) in [7, 11) is -3.75. The number of aryl methyl sites for hydroxylation is 1. The minimum Gasteiger partial charge on any atom is -0.472 e. The Morgan fingerprint density at radius 1 is 1.21 bits per heavy atom. The van der Waals surface area contributed by atoms with Gasteiger partial charge in [-0.1, -0.05) is 23.8 Å². The van der Waals surface area contributed by atoms with Crippen LogP contribution in [-0.4, -0.2) is 72.3 Å². The number of likely N-dealkylation sites (tertiary alicyclic amines) is 1. The van der Waals surface area contributed by atoms with E-state index in [-0.39, 0.29) is 25.4 Å². The third kappa shape index (κ3) is 6.23. The molecule has 2 aliphatic carbocycles. The number of fused-ring (bicyclic) bond motifs is 1. The van der Waals surface area contributed by atoms with E-state index in [1.165, 1.54) is 4.90 Å². The molecular formula is C30H38N4O7S. The second kappa shape index (κ2) is 10.9. The van der Waals surface area contributed by atoms with Crippen LogP contribution in [0.2, 0.25) is 0 Å². The summed E-state index contributed by atoms with van der Waals surface area (Å²) >= 11 is 0. The summed E-state index contributed by atoms with van der Waals surface area (Å²) in [5, 5.41) is 4.04. The summed E-state index contributed by atoms with van der Waals surface area (Å²) in [6, 6.07) is 6.90. The summed E-state index contributed by atoms with van der Waals surface area (Å²) < 4.78 is 38.9. The van der Waals surface area contributed by atoms with Crippen molar-refractivity contribution in [1.82, 2.24) is 19.9 Å². The van der Waals surface area contributed by atoms with Crippen LogP contribution in [0.4, 0.5) is 4.79 Å². The summed E-state index contributed by atoms with van der Waals surface area (Å²) in [4.78, 5) is 45.6. The highest BCUT2D eigenvalue weighted by Crippen LogP contribution is 2.53. The van der Waals surface area contributed by atoms with Gasteiger partial charge in [0.05, 0.1) is 17.2 Å². The minimum atomic E-state index is -3.75. The van der Waals surface area contributed by atoms with Gasteiger partial charge in [-0.25, -0.2) is 18.2 Å². The van der Waals surface area contributed by atoms with Crippen molar-refractivity contribution in [2.45, 2.75) is 76.4 Å². The molecule has 2 heterocycles. The van der Waals surface area contributed by atoms with E-state index >= 15 is 0 Å². The van der Waals surface area contributed by atoms with Crippen molar-refractivity contribution >= 4 is 38.7 Å². The number of amides is 3. The molecule has 5 rings (SSSR count). The molecule has 1 saturated heterocycles. The molecule has 3 aliphatic rings. The van der Waals surface area contributed by atoms with Gasteiger partial charge in [-0.2, -0.15) is 0 Å². The SMILES string of the molecule is C=CC1C[C@]1(CNC(=O)C1C[C@@H](Oc2nccc3ccc(C)cc23)CN1C(=O)OC(C)(C)C)C(=O)NS(=O)(=O)C1CC1. The number of sulfonamides is 1. The zero-order valence-corrected chi connectivity index (χ0v) is 25.2. The van der Waals surface area contributed by atoms with Crippen LogP contribution in [0.25, 0.3) is 10.8 Å². The summed E-state index contributed by atoms with van der Waals surface area (Å²) in [5.41, 5.74) is -0.859. The molecule has 4 atom stereocenters. The number of nitrogens with one attached hydrogen (secondary N) is 2. The van der Waals surface area contributed by atoms with Crippen molar-refractivity contribution in [2.24, 2.45) is 11.3 Å². The van der Waals surface area contributed by atoms with Crippen LogP contribution >= 0.6 is 0 Å². The van der Waals surface area contributed by atoms with E-state index in [4.69, 9.17) is 9.47 Å². The molecule has 1 aliphatic heterocycles. The van der Waals surface area contributed by atoms with Crippen molar-refractivity contribution in [2.75, 3.05) is 13.1 Å². The lowest BCUT2D eigenvalue weighted by molar-refractivity contribution is -0.127. The van der Waals surface area contributed by atoms with Crippen LogP contribution in [0.1, 0.15) is 52.0 Å². The Bertz CT molecular complexity index is 1530. The molecule has 3 amide bonds. The summed E-state index contributed by atoms with van der Waals surface area (Å²) in [5.74, 6) is -1.01. The Labute approximate surface area is 246 Å². The molecule has 2 saturated carbocycles. The Morgan fingerprint density at radius 3 is 2.60 bits per heavy atom. The number of hydrogen-bond donors (Lipinski definition) is 2. The van der Waals surface area contributed by atoms with Gasteiger partial charge in [0.25, 0.3) is 0 Å². The first-order valence-electron chi connectivity index (χ1n) is 14.2. The van der Waals surface area contributed by atoms with Gasteiger partial charge in [0, 0.05) is 24.5 Å². The third-order valence-corrected chi connectivity index (χ3v) is 9.82. The highest BCUT2D eigenvalue weighted by atomic mass is 32.2. The van der Waals surface area contributed by atoms with Crippen LogP contribution in [0.15, 0.2) is 43.1 Å². The second-order valence-electron chi connectivity index (χ2n) is 12.6. The van der Waals surface area contributed by atoms with E-state index in [2.05, 4.69) is 21.6 Å². The molecule has 0 spiro atoms. The second-order valence-corrected chi connectivity index (χ2v) is 14.5. The number of rotatable bonds is 9. The van der Waals surface area contributed by atoms with Gasteiger partial charge in [0.15, 0.2) is 0 Å². The highest BCUT2D eigenvalue weighted by Gasteiger charge is 2.60. The van der Waals surface area contributed by atoms with Gasteiger partial charge in [0.2, 0.25) is 27.7 Å². The number of pyridine rings is 1. The van der Waals surface area contributed by atoms with E-state index in [9.17, 15) is 22.8 Å². The fraction of sp³-hybridized carbons (Fsp3) is 0.533. The number of hydrogen-bond acceptors (Lipinski definition) is 8. The Kier molecular flexibility index (Phi) is 7.71. The average molecular weight is 599 g/mol. The molecule has 11 nitrogen and oxygen atoms in total. The minimum absolute atomic E-state index is 0.0944. The first-order valence-corrected chi connectivity index (χ1v) is 15.7. The van der Waals surface area contributed by atoms with E-state index in [1.54, 1.807) is 33.0 Å². The van der Waals surface area contributed by atoms with Crippen molar-refractivity contribution in [3.05, 3.63) is 48.7 Å². The normalized spacial score (nSPS) is 25.5. The number of benzene rings is 1. The molecule has 1 aromatic carbocycles. The van der Waals surface area contributed by atoms with E-state index in [0.717, 1.165) is 16.3 Å². The van der Waals surface area contributed by atoms with Gasteiger partial charge < -0.3 is 14.8 Å². The fourth-order valence-electron chi connectivity index (χ4n) is 5.40. The van der Waals surface area contributed by atoms with Crippen LogP contribution < -0.4 is 14.8 Å². The first kappa shape index (κ1) is 29.8. The standard InChI is InChI=1S/C30H38N4O7S/c1-6-20-15-30(20,27(36)33-42(38,39)22-9-10-22)17-32-25(35)24-14-21(16-34(24)28(37)41-29(3,4)5)40-26-23-13-18(2)7-8-19(23)11-12-31-26/h6-8,11-13,20-22,24H,1,9-10,14-17H2,2-5H3,(H,32,35)(H,33,36)/t20?,21-,24?,30-/m1/s1. The number of nitrogens with zero attached hydrogens (tertiary/aromatic N) is 2. The van der Waals surface area contributed by atoms with Gasteiger partial charge in [-0.3, -0.25) is 19.2 Å². The summed E-state index contributed by atoms with van der Waals surface area (Å²) in [6.07, 6.45) is 3.63. The molecule has 0 bridgehead atoms. The van der Waals surface area contributed by atoms with E-state index in [1.807, 2.05) is 31.2 Å². The van der Waals surface area contributed by atoms with Crippen LogP contribution in [0, 0.1) is 18.3 Å². The van der Waals surface area contributed by atoms with Crippen LogP contribution in [0.3, 0.4) is 0 Å². The molecule has 12 heteroatoms. The lowest BCUT2D eigenvalue weighted by Crippen LogP contribution is -2.50. The summed E-state index contributed by atoms with van der Waals surface area (Å²) in [6.45, 7) is 11.0. The van der Waals surface area contributed by atoms with E-state index < -0.39 is 56.3 Å². The van der Waals surface area contributed by atoms with Crippen molar-refractivity contribution in [1.29, 1.82) is 0 Å². The van der Waals surface area contributed by atoms with Crippen molar-refractivity contribution in [3.8, 4) is 5.88 Å². The molecule has 2 N–H and O–H groups in total. The van der Waals surface area contributed by atoms with E-state index in [0.29, 0.717) is 25.1 Å². The molecule has 1 aromatic heterocycles. The number of carbonyl (C=O) groups excluding carboxylic acids is 3. The molecule has 226 valence electrons. The average Bonchev–Trinajstić information content (AvgIpc) is 3.83.